The normalized spacial score (nSPS) is 14.2. The van der Waals surface area contributed by atoms with Crippen molar-refractivity contribution in [3.05, 3.63) is 93.1 Å². The number of amides is 1. The predicted molar refractivity (Wildman–Crippen MR) is 159 cm³/mol. The second-order valence-corrected chi connectivity index (χ2v) is 10.3. The smallest absolute Gasteiger partial charge is 0.255 e. The molecule has 5 rings (SSSR count). The van der Waals surface area contributed by atoms with E-state index >= 15 is 0 Å². The summed E-state index contributed by atoms with van der Waals surface area (Å²) in [5.41, 5.74) is 4.57. The van der Waals surface area contributed by atoms with Crippen molar-refractivity contribution in [2.24, 2.45) is 0 Å². The monoisotopic (exact) mass is 618 g/mol. The number of benzene rings is 3. The zero-order valence-corrected chi connectivity index (χ0v) is 24.9. The number of nitrogens with one attached hydrogen (secondary N) is 2. The molecule has 1 amide bonds. The molecular formula is C30H31BrN6O4. The van der Waals surface area contributed by atoms with Crippen molar-refractivity contribution in [3.63, 3.8) is 0 Å². The Morgan fingerprint density at radius 3 is 2.56 bits per heavy atom. The van der Waals surface area contributed by atoms with Crippen LogP contribution >= 0.6 is 15.9 Å². The molecule has 0 bridgehead atoms. The molecule has 2 heterocycles. The number of hydrogen-bond donors (Lipinski definition) is 2. The lowest BCUT2D eigenvalue weighted by molar-refractivity contribution is -0.113. The van der Waals surface area contributed by atoms with Gasteiger partial charge in [-0.05, 0) is 89.4 Å². The number of carbonyl (C=O) groups is 1. The molecule has 0 spiro atoms. The van der Waals surface area contributed by atoms with Crippen LogP contribution < -0.4 is 24.8 Å². The first-order chi connectivity index (χ1) is 19.9. The van der Waals surface area contributed by atoms with Gasteiger partial charge in [-0.25, -0.2) is 0 Å². The van der Waals surface area contributed by atoms with E-state index in [-0.39, 0.29) is 5.91 Å². The molecule has 41 heavy (non-hydrogen) atoms. The Morgan fingerprint density at radius 2 is 1.78 bits per heavy atom. The van der Waals surface area contributed by atoms with Gasteiger partial charge in [0.05, 0.1) is 28.9 Å². The number of aryl methyl sites for hydroxylation is 1. The van der Waals surface area contributed by atoms with Crippen LogP contribution in [0.5, 0.6) is 17.2 Å². The number of fused-ring (bicyclic) bond motifs is 1. The van der Waals surface area contributed by atoms with Crippen molar-refractivity contribution in [1.29, 1.82) is 0 Å². The maximum atomic E-state index is 13.9. The summed E-state index contributed by atoms with van der Waals surface area (Å²) in [4.78, 5) is 13.9. The largest absolute Gasteiger partial charge is 0.492 e. The molecule has 10 nitrogen and oxygen atoms in total. The van der Waals surface area contributed by atoms with Crippen LogP contribution in [0.2, 0.25) is 0 Å². The second-order valence-electron chi connectivity index (χ2n) is 9.44. The highest BCUT2D eigenvalue weighted by molar-refractivity contribution is 9.10. The molecule has 1 aliphatic rings. The topological polar surface area (TPSA) is 112 Å². The fourth-order valence-corrected chi connectivity index (χ4v) is 5.34. The highest BCUT2D eigenvalue weighted by Crippen LogP contribution is 2.43. The van der Waals surface area contributed by atoms with E-state index in [4.69, 9.17) is 14.2 Å². The first-order valence-corrected chi connectivity index (χ1v) is 14.1. The minimum Gasteiger partial charge on any atom is -0.492 e. The summed E-state index contributed by atoms with van der Waals surface area (Å²) in [6, 6.07) is 18.6. The molecule has 0 radical (unpaired) electrons. The van der Waals surface area contributed by atoms with Crippen LogP contribution in [0.3, 0.4) is 0 Å². The fourth-order valence-electron chi connectivity index (χ4n) is 4.76. The van der Waals surface area contributed by atoms with Gasteiger partial charge < -0.3 is 24.8 Å². The van der Waals surface area contributed by atoms with Crippen LogP contribution in [0, 0.1) is 6.92 Å². The summed E-state index contributed by atoms with van der Waals surface area (Å²) in [6.45, 7) is 8.95. The quantitative estimate of drug-likeness (QED) is 0.221. The molecule has 2 N–H and O–H groups in total. The van der Waals surface area contributed by atoms with Gasteiger partial charge >= 0.3 is 0 Å². The lowest BCUT2D eigenvalue weighted by Gasteiger charge is -2.29. The number of anilines is 2. The molecular weight excluding hydrogens is 588 g/mol. The molecule has 0 fully saturated rings. The van der Waals surface area contributed by atoms with E-state index in [1.54, 1.807) is 10.7 Å². The van der Waals surface area contributed by atoms with Gasteiger partial charge in [-0.15, -0.1) is 0 Å². The Labute approximate surface area is 246 Å². The van der Waals surface area contributed by atoms with Crippen LogP contribution in [0.25, 0.3) is 0 Å². The van der Waals surface area contributed by atoms with E-state index < -0.39 is 6.04 Å². The van der Waals surface area contributed by atoms with Crippen molar-refractivity contribution in [2.75, 3.05) is 23.8 Å². The van der Waals surface area contributed by atoms with E-state index in [9.17, 15) is 4.79 Å². The predicted octanol–water partition coefficient (Wildman–Crippen LogP) is 6.05. The zero-order valence-electron chi connectivity index (χ0n) is 23.3. The van der Waals surface area contributed by atoms with E-state index in [0.717, 1.165) is 16.7 Å². The molecule has 1 atom stereocenters. The van der Waals surface area contributed by atoms with Crippen LogP contribution in [0.4, 0.5) is 11.6 Å². The maximum Gasteiger partial charge on any atom is 0.255 e. The van der Waals surface area contributed by atoms with Crippen molar-refractivity contribution < 1.29 is 19.0 Å². The lowest BCUT2D eigenvalue weighted by atomic mass is 9.94. The molecule has 3 aromatic carbocycles. The third-order valence-corrected chi connectivity index (χ3v) is 7.10. The molecule has 1 aromatic heterocycles. The van der Waals surface area contributed by atoms with E-state index in [1.165, 1.54) is 0 Å². The Hall–Kier alpha value is -4.38. The molecule has 212 valence electrons. The van der Waals surface area contributed by atoms with E-state index in [1.807, 2.05) is 76.2 Å². The average Bonchev–Trinajstić information content (AvgIpc) is 3.41. The Kier molecular flexibility index (Phi) is 8.53. The third kappa shape index (κ3) is 6.04. The number of para-hydroxylation sites is 2. The Bertz CT molecular complexity index is 1600. The first kappa shape index (κ1) is 28.2. The minimum absolute atomic E-state index is 0.317. The molecule has 1 unspecified atom stereocenters. The fraction of sp³-hybridized carbons (Fsp3) is 0.267. The minimum atomic E-state index is -0.651. The number of tetrazole rings is 1. The Balaban J connectivity index is 1.53. The van der Waals surface area contributed by atoms with Gasteiger partial charge in [0, 0.05) is 5.70 Å². The number of rotatable bonds is 10. The van der Waals surface area contributed by atoms with Crippen LogP contribution in [-0.2, 0) is 11.4 Å². The molecule has 11 heteroatoms. The number of nitrogens with zero attached hydrogens (tertiary/aromatic N) is 4. The molecule has 0 aliphatic carbocycles. The molecule has 4 aromatic rings. The van der Waals surface area contributed by atoms with Crippen molar-refractivity contribution in [2.45, 2.75) is 40.3 Å². The summed E-state index contributed by atoms with van der Waals surface area (Å²) in [6.07, 6.45) is 0. The summed E-state index contributed by atoms with van der Waals surface area (Å²) in [5, 5.41) is 18.3. The standard InChI is InChI=1S/C30H31BrN6O4/c1-5-39-24-13-8-7-12-23(24)33-29(38)26-19(4)32-30-34-35-36-37(30)27(26)21-15-22(31)28(25(16-21)40-6-2)41-17-20-11-9-10-18(3)14-20/h7-16,27H,5-6,17H2,1-4H3,(H,33,38)(H,32,34,36). The van der Waals surface area contributed by atoms with Crippen LogP contribution in [0.15, 0.2) is 76.4 Å². The van der Waals surface area contributed by atoms with Crippen molar-refractivity contribution >= 4 is 33.5 Å². The number of aromatic nitrogens is 4. The van der Waals surface area contributed by atoms with Crippen LogP contribution in [-0.4, -0.2) is 39.3 Å². The average molecular weight is 620 g/mol. The van der Waals surface area contributed by atoms with Gasteiger partial charge in [-0.1, -0.05) is 47.1 Å². The van der Waals surface area contributed by atoms with Crippen molar-refractivity contribution in [1.82, 2.24) is 20.2 Å². The lowest BCUT2D eigenvalue weighted by Crippen LogP contribution is -2.31. The first-order valence-electron chi connectivity index (χ1n) is 13.3. The maximum absolute atomic E-state index is 13.9. The second kappa shape index (κ2) is 12.4. The summed E-state index contributed by atoms with van der Waals surface area (Å²) in [5.74, 6) is 1.80. The molecule has 0 saturated carbocycles. The SMILES string of the molecule is CCOc1ccccc1NC(=O)C1=C(C)Nc2nnnn2C1c1cc(Br)c(OCc2cccc(C)c2)c(OCC)c1. The number of carbonyl (C=O) groups excluding carboxylic acids is 1. The van der Waals surface area contributed by atoms with Gasteiger partial charge in [-0.3, -0.25) is 4.79 Å². The third-order valence-electron chi connectivity index (χ3n) is 6.51. The van der Waals surface area contributed by atoms with Crippen LogP contribution in [0.1, 0.15) is 43.5 Å². The zero-order chi connectivity index (χ0) is 28.9. The number of allylic oxidation sites excluding steroid dienone is 1. The molecule has 0 saturated heterocycles. The van der Waals surface area contributed by atoms with Gasteiger partial charge in [-0.2, -0.15) is 4.68 Å². The van der Waals surface area contributed by atoms with Gasteiger partial charge in [0.15, 0.2) is 11.5 Å². The summed E-state index contributed by atoms with van der Waals surface area (Å²) < 4.78 is 20.2. The van der Waals surface area contributed by atoms with Gasteiger partial charge in [0.2, 0.25) is 5.95 Å². The number of ether oxygens (including phenoxy) is 3. The highest BCUT2D eigenvalue weighted by atomic mass is 79.9. The van der Waals surface area contributed by atoms with Crippen molar-refractivity contribution in [3.8, 4) is 17.2 Å². The summed E-state index contributed by atoms with van der Waals surface area (Å²) >= 11 is 3.69. The van der Waals surface area contributed by atoms with Gasteiger partial charge in [0.25, 0.3) is 5.91 Å². The van der Waals surface area contributed by atoms with E-state index in [0.29, 0.717) is 64.4 Å². The number of halogens is 1. The van der Waals surface area contributed by atoms with E-state index in [2.05, 4.69) is 48.2 Å². The highest BCUT2D eigenvalue weighted by Gasteiger charge is 2.35. The Morgan fingerprint density at radius 1 is 1.00 bits per heavy atom. The van der Waals surface area contributed by atoms with Gasteiger partial charge in [0.1, 0.15) is 18.4 Å². The number of hydrogen-bond acceptors (Lipinski definition) is 8. The molecule has 1 aliphatic heterocycles. The summed E-state index contributed by atoms with van der Waals surface area (Å²) in [7, 11) is 0.